The maximum Gasteiger partial charge on any atom is 0.241 e. The standard InChI is InChI=1S/C21H26N2O2/c1-4-22(16(2)18-9-7-10-19(14-18)25-3)15-21(24)23-13-12-17-8-5-6-11-20(17)23/h5-11,14,16H,4,12-13,15H2,1-3H3/t16-/m1/s1. The van der Waals surface area contributed by atoms with Gasteiger partial charge in [-0.15, -0.1) is 0 Å². The summed E-state index contributed by atoms with van der Waals surface area (Å²) < 4.78 is 5.33. The highest BCUT2D eigenvalue weighted by atomic mass is 16.5. The first kappa shape index (κ1) is 17.5. The molecule has 4 nitrogen and oxygen atoms in total. The second-order valence-electron chi connectivity index (χ2n) is 6.44. The first-order chi connectivity index (χ1) is 12.1. The van der Waals surface area contributed by atoms with Gasteiger partial charge in [0.2, 0.25) is 5.91 Å². The molecule has 132 valence electrons. The van der Waals surface area contributed by atoms with Crippen LogP contribution in [0.15, 0.2) is 48.5 Å². The zero-order chi connectivity index (χ0) is 17.8. The van der Waals surface area contributed by atoms with E-state index in [1.54, 1.807) is 7.11 Å². The monoisotopic (exact) mass is 338 g/mol. The highest BCUT2D eigenvalue weighted by molar-refractivity contribution is 5.96. The molecule has 0 saturated carbocycles. The number of para-hydroxylation sites is 1. The zero-order valence-electron chi connectivity index (χ0n) is 15.2. The lowest BCUT2D eigenvalue weighted by atomic mass is 10.1. The number of amides is 1. The van der Waals surface area contributed by atoms with E-state index in [4.69, 9.17) is 4.74 Å². The normalized spacial score (nSPS) is 14.5. The molecule has 1 atom stereocenters. The van der Waals surface area contributed by atoms with Crippen LogP contribution in [0.2, 0.25) is 0 Å². The third-order valence-corrected chi connectivity index (χ3v) is 5.06. The molecule has 1 aliphatic heterocycles. The largest absolute Gasteiger partial charge is 0.497 e. The second-order valence-corrected chi connectivity index (χ2v) is 6.44. The maximum atomic E-state index is 12.9. The average Bonchev–Trinajstić information content (AvgIpc) is 3.09. The van der Waals surface area contributed by atoms with Gasteiger partial charge in [-0.1, -0.05) is 37.3 Å². The molecule has 2 aromatic rings. The fourth-order valence-corrected chi connectivity index (χ4v) is 3.49. The lowest BCUT2D eigenvalue weighted by molar-refractivity contribution is -0.120. The summed E-state index contributed by atoms with van der Waals surface area (Å²) in [5, 5.41) is 0. The number of carbonyl (C=O) groups excluding carboxylic acids is 1. The van der Waals surface area contributed by atoms with E-state index in [9.17, 15) is 4.79 Å². The number of benzene rings is 2. The van der Waals surface area contributed by atoms with Crippen molar-refractivity contribution in [3.05, 3.63) is 59.7 Å². The van der Waals surface area contributed by atoms with Crippen molar-refractivity contribution >= 4 is 11.6 Å². The van der Waals surface area contributed by atoms with Gasteiger partial charge in [0.1, 0.15) is 5.75 Å². The van der Waals surface area contributed by atoms with Crippen LogP contribution < -0.4 is 9.64 Å². The van der Waals surface area contributed by atoms with Crippen LogP contribution in [0.4, 0.5) is 5.69 Å². The minimum absolute atomic E-state index is 0.155. The molecule has 0 aliphatic carbocycles. The van der Waals surface area contributed by atoms with Crippen LogP contribution in [0.25, 0.3) is 0 Å². The van der Waals surface area contributed by atoms with Gasteiger partial charge in [-0.25, -0.2) is 0 Å². The molecule has 1 aliphatic rings. The molecular weight excluding hydrogens is 312 g/mol. The fourth-order valence-electron chi connectivity index (χ4n) is 3.49. The van der Waals surface area contributed by atoms with E-state index in [1.165, 1.54) is 5.56 Å². The lowest BCUT2D eigenvalue weighted by Crippen LogP contribution is -2.40. The van der Waals surface area contributed by atoms with Gasteiger partial charge in [-0.3, -0.25) is 9.69 Å². The second kappa shape index (κ2) is 7.70. The van der Waals surface area contributed by atoms with Crippen LogP contribution in [-0.2, 0) is 11.2 Å². The molecule has 0 fully saturated rings. The number of methoxy groups -OCH3 is 1. The third kappa shape index (κ3) is 3.69. The van der Waals surface area contributed by atoms with Crippen molar-refractivity contribution in [3.8, 4) is 5.75 Å². The van der Waals surface area contributed by atoms with Crippen molar-refractivity contribution in [2.24, 2.45) is 0 Å². The SMILES string of the molecule is CCN(CC(=O)N1CCc2ccccc21)[C@H](C)c1cccc(OC)c1. The molecular formula is C21H26N2O2. The molecule has 0 radical (unpaired) electrons. The Hall–Kier alpha value is -2.33. The highest BCUT2D eigenvalue weighted by Gasteiger charge is 2.26. The number of fused-ring (bicyclic) bond motifs is 1. The molecule has 0 unspecified atom stereocenters. The Morgan fingerprint density at radius 2 is 2.04 bits per heavy atom. The number of rotatable bonds is 6. The van der Waals surface area contributed by atoms with Gasteiger partial charge in [0.15, 0.2) is 0 Å². The fraction of sp³-hybridized carbons (Fsp3) is 0.381. The summed E-state index contributed by atoms with van der Waals surface area (Å²) in [6, 6.07) is 16.4. The van der Waals surface area contributed by atoms with E-state index >= 15 is 0 Å². The van der Waals surface area contributed by atoms with E-state index in [2.05, 4.69) is 30.9 Å². The Morgan fingerprint density at radius 3 is 2.80 bits per heavy atom. The quantitative estimate of drug-likeness (QED) is 0.806. The third-order valence-electron chi connectivity index (χ3n) is 5.06. The molecule has 0 bridgehead atoms. The zero-order valence-corrected chi connectivity index (χ0v) is 15.2. The smallest absolute Gasteiger partial charge is 0.241 e. The number of nitrogens with zero attached hydrogens (tertiary/aromatic N) is 2. The molecule has 0 aromatic heterocycles. The average molecular weight is 338 g/mol. The first-order valence-electron chi connectivity index (χ1n) is 8.90. The van der Waals surface area contributed by atoms with Gasteiger partial charge in [-0.05, 0) is 49.2 Å². The number of ether oxygens (including phenoxy) is 1. The molecule has 3 rings (SSSR count). The van der Waals surface area contributed by atoms with Crippen molar-refractivity contribution < 1.29 is 9.53 Å². The number of likely N-dealkylation sites (N-methyl/N-ethyl adjacent to an activating group) is 1. The van der Waals surface area contributed by atoms with Crippen LogP contribution in [0.3, 0.4) is 0 Å². The minimum atomic E-state index is 0.155. The summed E-state index contributed by atoms with van der Waals surface area (Å²) in [6.07, 6.45) is 0.944. The van der Waals surface area contributed by atoms with Gasteiger partial charge >= 0.3 is 0 Å². The summed E-state index contributed by atoms with van der Waals surface area (Å²) in [6.45, 7) is 6.26. The number of hydrogen-bond acceptors (Lipinski definition) is 3. The molecule has 1 heterocycles. The van der Waals surface area contributed by atoms with Crippen molar-refractivity contribution in [1.82, 2.24) is 4.90 Å². The van der Waals surface area contributed by atoms with E-state index in [-0.39, 0.29) is 11.9 Å². The summed E-state index contributed by atoms with van der Waals surface area (Å²) in [5.74, 6) is 1.02. The van der Waals surface area contributed by atoms with E-state index < -0.39 is 0 Å². The molecule has 1 amide bonds. The highest BCUT2D eigenvalue weighted by Crippen LogP contribution is 2.29. The summed E-state index contributed by atoms with van der Waals surface area (Å²) in [5.41, 5.74) is 3.49. The van der Waals surface area contributed by atoms with Crippen molar-refractivity contribution in [3.63, 3.8) is 0 Å². The predicted molar refractivity (Wildman–Crippen MR) is 101 cm³/mol. The van der Waals surface area contributed by atoms with Crippen LogP contribution in [-0.4, -0.2) is 37.6 Å². The molecule has 25 heavy (non-hydrogen) atoms. The Balaban J connectivity index is 1.72. The Labute approximate surface area is 150 Å². The summed E-state index contributed by atoms with van der Waals surface area (Å²) >= 11 is 0. The Bertz CT molecular complexity index is 744. The van der Waals surface area contributed by atoms with Crippen LogP contribution in [0, 0.1) is 0 Å². The topological polar surface area (TPSA) is 32.8 Å². The predicted octanol–water partition coefficient (Wildman–Crippen LogP) is 3.67. The summed E-state index contributed by atoms with van der Waals surface area (Å²) in [7, 11) is 1.68. The van der Waals surface area contributed by atoms with Gasteiger partial charge < -0.3 is 9.64 Å². The van der Waals surface area contributed by atoms with Crippen molar-refractivity contribution in [2.45, 2.75) is 26.3 Å². The Morgan fingerprint density at radius 1 is 1.24 bits per heavy atom. The van der Waals surface area contributed by atoms with Crippen molar-refractivity contribution in [1.29, 1.82) is 0 Å². The molecule has 0 saturated heterocycles. The van der Waals surface area contributed by atoms with E-state index in [1.807, 2.05) is 41.3 Å². The van der Waals surface area contributed by atoms with Crippen LogP contribution in [0.5, 0.6) is 5.75 Å². The molecule has 0 spiro atoms. The van der Waals surface area contributed by atoms with Crippen molar-refractivity contribution in [2.75, 3.05) is 31.6 Å². The van der Waals surface area contributed by atoms with Gasteiger partial charge in [-0.2, -0.15) is 0 Å². The van der Waals surface area contributed by atoms with Crippen LogP contribution in [0.1, 0.15) is 31.0 Å². The minimum Gasteiger partial charge on any atom is -0.497 e. The Kier molecular flexibility index (Phi) is 5.39. The molecule has 4 heteroatoms. The number of anilines is 1. The van der Waals surface area contributed by atoms with Crippen LogP contribution >= 0.6 is 0 Å². The van der Waals surface area contributed by atoms with Gasteiger partial charge in [0.05, 0.1) is 13.7 Å². The van der Waals surface area contributed by atoms with E-state index in [0.29, 0.717) is 6.54 Å². The molecule has 0 N–H and O–H groups in total. The molecule has 2 aromatic carbocycles. The number of hydrogen-bond donors (Lipinski definition) is 0. The maximum absolute atomic E-state index is 12.9. The lowest BCUT2D eigenvalue weighted by Gasteiger charge is -2.29. The summed E-state index contributed by atoms with van der Waals surface area (Å²) in [4.78, 5) is 17.0. The van der Waals surface area contributed by atoms with E-state index in [0.717, 1.165) is 36.5 Å². The first-order valence-corrected chi connectivity index (χ1v) is 8.90. The van der Waals surface area contributed by atoms with Gasteiger partial charge in [0, 0.05) is 18.3 Å². The van der Waals surface area contributed by atoms with Gasteiger partial charge in [0.25, 0.3) is 0 Å². The number of carbonyl (C=O) groups is 1.